The molecule has 0 fully saturated rings. The van der Waals surface area contributed by atoms with Crippen LogP contribution in [0.2, 0.25) is 35.2 Å². The monoisotopic (exact) mass is 408 g/mol. The van der Waals surface area contributed by atoms with E-state index in [1.165, 1.54) is 12.1 Å². The Morgan fingerprint density at radius 3 is 1.30 bits per heavy atom. The van der Waals surface area contributed by atoms with E-state index in [1.807, 2.05) is 0 Å². The number of halogens is 7. The van der Waals surface area contributed by atoms with Crippen molar-refractivity contribution in [2.75, 3.05) is 0 Å². The van der Waals surface area contributed by atoms with Gasteiger partial charge >= 0.3 is 0 Å². The molecule has 0 saturated heterocycles. The van der Waals surface area contributed by atoms with E-state index in [1.54, 1.807) is 0 Å². The third kappa shape index (κ3) is 2.78. The van der Waals surface area contributed by atoms with Crippen LogP contribution in [0.5, 0.6) is 5.75 Å². The van der Waals surface area contributed by atoms with Gasteiger partial charge in [-0.25, -0.2) is 0 Å². The van der Waals surface area contributed by atoms with Crippen molar-refractivity contribution in [1.29, 1.82) is 0 Å². The van der Waals surface area contributed by atoms with Crippen molar-refractivity contribution in [2.24, 2.45) is 0 Å². The summed E-state index contributed by atoms with van der Waals surface area (Å²) in [6.45, 7) is 0. The molecule has 2 rings (SSSR count). The van der Waals surface area contributed by atoms with Crippen LogP contribution in [0.15, 0.2) is 12.1 Å². The van der Waals surface area contributed by atoms with Crippen LogP contribution in [0.25, 0.3) is 11.1 Å². The first-order valence-corrected chi connectivity index (χ1v) is 7.60. The standard InChI is InChI=1S/C12H3Cl7O/c13-4-1-3(20)2-5(14)6(4)7-8(15)10(17)12(19)11(18)9(7)16/h1-2,20H. The van der Waals surface area contributed by atoms with Gasteiger partial charge in [0.25, 0.3) is 0 Å². The number of hydrogen-bond donors (Lipinski definition) is 1. The summed E-state index contributed by atoms with van der Waals surface area (Å²) < 4.78 is 0. The molecule has 106 valence electrons. The average Bonchev–Trinajstić information content (AvgIpc) is 2.37. The van der Waals surface area contributed by atoms with E-state index in [4.69, 9.17) is 81.2 Å². The van der Waals surface area contributed by atoms with Gasteiger partial charge in [0.1, 0.15) is 5.75 Å². The van der Waals surface area contributed by atoms with Gasteiger partial charge in [-0.2, -0.15) is 0 Å². The summed E-state index contributed by atoms with van der Waals surface area (Å²) in [4.78, 5) is 0. The second kappa shape index (κ2) is 6.18. The lowest BCUT2D eigenvalue weighted by atomic mass is 10.0. The fourth-order valence-corrected chi connectivity index (χ4v) is 3.61. The molecule has 0 aromatic heterocycles. The van der Waals surface area contributed by atoms with Gasteiger partial charge in [0.15, 0.2) is 0 Å². The van der Waals surface area contributed by atoms with Gasteiger partial charge in [-0.3, -0.25) is 0 Å². The molecule has 1 nitrogen and oxygen atoms in total. The molecule has 0 heterocycles. The summed E-state index contributed by atoms with van der Waals surface area (Å²) >= 11 is 42.4. The molecule has 20 heavy (non-hydrogen) atoms. The molecule has 0 radical (unpaired) electrons. The fraction of sp³-hybridized carbons (Fsp3) is 0. The Balaban J connectivity index is 2.91. The molecular formula is C12H3Cl7O. The lowest BCUT2D eigenvalue weighted by Gasteiger charge is -2.15. The third-order valence-corrected chi connectivity index (χ3v) is 5.36. The summed E-state index contributed by atoms with van der Waals surface area (Å²) in [5.74, 6) is -0.0952. The fourth-order valence-electron chi connectivity index (χ4n) is 1.62. The van der Waals surface area contributed by atoms with E-state index in [0.717, 1.165) is 0 Å². The number of phenolic OH excluding ortho intramolecular Hbond substituents is 1. The Labute approximate surface area is 149 Å². The Bertz CT molecular complexity index is 659. The molecule has 0 bridgehead atoms. The number of aromatic hydroxyl groups is 1. The molecule has 2 aromatic rings. The predicted octanol–water partition coefficient (Wildman–Crippen LogP) is 7.63. The van der Waals surface area contributed by atoms with Gasteiger partial charge < -0.3 is 5.11 Å². The molecule has 8 heteroatoms. The first-order valence-electron chi connectivity index (χ1n) is 4.95. The topological polar surface area (TPSA) is 20.2 Å². The lowest BCUT2D eigenvalue weighted by molar-refractivity contribution is 0.475. The van der Waals surface area contributed by atoms with Crippen LogP contribution in [0.1, 0.15) is 0 Å². The van der Waals surface area contributed by atoms with Crippen LogP contribution >= 0.6 is 81.2 Å². The first-order chi connectivity index (χ1) is 9.25. The maximum Gasteiger partial charge on any atom is 0.118 e. The van der Waals surface area contributed by atoms with Crippen LogP contribution in [-0.2, 0) is 0 Å². The predicted molar refractivity (Wildman–Crippen MR) is 88.6 cm³/mol. The van der Waals surface area contributed by atoms with Crippen molar-refractivity contribution < 1.29 is 5.11 Å². The number of rotatable bonds is 1. The van der Waals surface area contributed by atoms with E-state index in [-0.39, 0.29) is 46.5 Å². The Kier molecular flexibility index (Phi) is 5.14. The number of phenols is 1. The molecule has 0 aliphatic heterocycles. The minimum atomic E-state index is -0.0952. The van der Waals surface area contributed by atoms with E-state index in [2.05, 4.69) is 0 Å². The molecule has 0 spiro atoms. The highest BCUT2D eigenvalue weighted by molar-refractivity contribution is 6.57. The summed E-state index contributed by atoms with van der Waals surface area (Å²) in [6.07, 6.45) is 0. The minimum absolute atomic E-state index is 0.0398. The molecule has 2 aromatic carbocycles. The smallest absolute Gasteiger partial charge is 0.118 e. The van der Waals surface area contributed by atoms with E-state index in [9.17, 15) is 5.11 Å². The van der Waals surface area contributed by atoms with Gasteiger partial charge in [0.05, 0.1) is 35.2 Å². The van der Waals surface area contributed by atoms with Gasteiger partial charge in [-0.15, -0.1) is 0 Å². The van der Waals surface area contributed by atoms with E-state index in [0.29, 0.717) is 5.56 Å². The Morgan fingerprint density at radius 1 is 0.550 bits per heavy atom. The highest BCUT2D eigenvalue weighted by atomic mass is 35.5. The lowest BCUT2D eigenvalue weighted by Crippen LogP contribution is -1.89. The Morgan fingerprint density at radius 2 is 0.900 bits per heavy atom. The van der Waals surface area contributed by atoms with Crippen molar-refractivity contribution in [2.45, 2.75) is 0 Å². The average molecular weight is 411 g/mol. The quantitative estimate of drug-likeness (QED) is 0.378. The molecule has 0 atom stereocenters. The zero-order valence-corrected chi connectivity index (χ0v) is 14.5. The van der Waals surface area contributed by atoms with Crippen LogP contribution in [-0.4, -0.2) is 5.11 Å². The number of hydrogen-bond acceptors (Lipinski definition) is 1. The Hall–Kier alpha value is 0.270. The van der Waals surface area contributed by atoms with Crippen molar-refractivity contribution in [1.82, 2.24) is 0 Å². The summed E-state index contributed by atoms with van der Waals surface area (Å²) in [5, 5.41) is 10.0. The van der Waals surface area contributed by atoms with Crippen molar-refractivity contribution in [3.63, 3.8) is 0 Å². The second-order valence-electron chi connectivity index (χ2n) is 3.73. The maximum absolute atomic E-state index is 9.45. The highest BCUT2D eigenvalue weighted by Gasteiger charge is 2.24. The summed E-state index contributed by atoms with van der Waals surface area (Å²) in [6, 6.07) is 2.59. The molecule has 0 aliphatic rings. The second-order valence-corrected chi connectivity index (χ2v) is 6.43. The third-order valence-electron chi connectivity index (χ3n) is 2.49. The van der Waals surface area contributed by atoms with Gasteiger partial charge in [0.2, 0.25) is 0 Å². The van der Waals surface area contributed by atoms with Gasteiger partial charge in [-0.05, 0) is 12.1 Å². The molecule has 1 N–H and O–H groups in total. The van der Waals surface area contributed by atoms with Crippen molar-refractivity contribution >= 4 is 81.2 Å². The van der Waals surface area contributed by atoms with E-state index >= 15 is 0 Å². The minimum Gasteiger partial charge on any atom is -0.508 e. The molecule has 0 amide bonds. The van der Waals surface area contributed by atoms with Crippen LogP contribution in [0.4, 0.5) is 0 Å². The van der Waals surface area contributed by atoms with Crippen molar-refractivity contribution in [3.05, 3.63) is 47.3 Å². The zero-order chi connectivity index (χ0) is 15.2. The maximum atomic E-state index is 9.45. The molecular weight excluding hydrogens is 408 g/mol. The van der Waals surface area contributed by atoms with Crippen LogP contribution in [0.3, 0.4) is 0 Å². The summed E-state index contributed by atoms with van der Waals surface area (Å²) in [5.41, 5.74) is 0.560. The highest BCUT2D eigenvalue weighted by Crippen LogP contribution is 2.51. The van der Waals surface area contributed by atoms with Gasteiger partial charge in [0, 0.05) is 11.1 Å². The SMILES string of the molecule is Oc1cc(Cl)c(-c2c(Cl)c(Cl)c(Cl)c(Cl)c2Cl)c(Cl)c1. The first kappa shape index (κ1) is 16.6. The van der Waals surface area contributed by atoms with Crippen molar-refractivity contribution in [3.8, 4) is 16.9 Å². The summed E-state index contributed by atoms with van der Waals surface area (Å²) in [7, 11) is 0. The van der Waals surface area contributed by atoms with E-state index < -0.39 is 0 Å². The number of benzene rings is 2. The van der Waals surface area contributed by atoms with Crippen LogP contribution in [0, 0.1) is 0 Å². The molecule has 0 unspecified atom stereocenters. The normalized spacial score (nSPS) is 10.9. The molecule has 0 saturated carbocycles. The largest absolute Gasteiger partial charge is 0.508 e. The van der Waals surface area contributed by atoms with Crippen LogP contribution < -0.4 is 0 Å². The van der Waals surface area contributed by atoms with Gasteiger partial charge in [-0.1, -0.05) is 81.2 Å². The molecule has 0 aliphatic carbocycles. The zero-order valence-electron chi connectivity index (χ0n) is 9.25.